The zero-order valence-electron chi connectivity index (χ0n) is 9.79. The fourth-order valence-corrected chi connectivity index (χ4v) is 1.69. The Labute approximate surface area is 91.3 Å². The smallest absolute Gasteiger partial charge is 0.309 e. The van der Waals surface area contributed by atoms with E-state index in [0.29, 0.717) is 6.10 Å². The topological polar surface area (TPSA) is 47.6 Å². The van der Waals surface area contributed by atoms with Gasteiger partial charge in [0, 0.05) is 19.2 Å². The molecule has 0 aromatic carbocycles. The van der Waals surface area contributed by atoms with Crippen LogP contribution in [-0.4, -0.2) is 38.4 Å². The van der Waals surface area contributed by atoms with Crippen molar-refractivity contribution < 1.29 is 14.3 Å². The molecule has 1 saturated heterocycles. The van der Waals surface area contributed by atoms with Crippen molar-refractivity contribution in [2.24, 2.45) is 5.92 Å². The largest absolute Gasteiger partial charge is 0.469 e. The van der Waals surface area contributed by atoms with Crippen LogP contribution in [0.1, 0.15) is 26.7 Å². The lowest BCUT2D eigenvalue weighted by Gasteiger charge is -2.21. The maximum Gasteiger partial charge on any atom is 0.309 e. The standard InChI is InChI=1S/C11H21NO3/c1-8(11(13)14-3)9(2)12-7-10-5-4-6-15-10/h8-10,12H,4-7H2,1-3H3. The highest BCUT2D eigenvalue weighted by Gasteiger charge is 2.22. The van der Waals surface area contributed by atoms with E-state index in [4.69, 9.17) is 9.47 Å². The maximum atomic E-state index is 11.3. The molecule has 0 spiro atoms. The number of carbonyl (C=O) groups is 1. The van der Waals surface area contributed by atoms with Gasteiger partial charge in [-0.25, -0.2) is 0 Å². The Bertz CT molecular complexity index is 202. The third-order valence-corrected chi connectivity index (χ3v) is 3.01. The molecule has 1 aliphatic rings. The van der Waals surface area contributed by atoms with Crippen molar-refractivity contribution in [2.45, 2.75) is 38.8 Å². The summed E-state index contributed by atoms with van der Waals surface area (Å²) in [7, 11) is 1.42. The first-order chi connectivity index (χ1) is 7.15. The summed E-state index contributed by atoms with van der Waals surface area (Å²) in [6.45, 7) is 5.56. The molecular formula is C11H21NO3. The van der Waals surface area contributed by atoms with Gasteiger partial charge in [0.05, 0.1) is 19.1 Å². The molecule has 0 radical (unpaired) electrons. The second-order valence-electron chi connectivity index (χ2n) is 4.14. The van der Waals surface area contributed by atoms with Crippen molar-refractivity contribution in [2.75, 3.05) is 20.3 Å². The first-order valence-electron chi connectivity index (χ1n) is 5.58. The van der Waals surface area contributed by atoms with Crippen molar-refractivity contribution in [3.05, 3.63) is 0 Å². The number of ether oxygens (including phenoxy) is 2. The first kappa shape index (κ1) is 12.5. The Morgan fingerprint density at radius 1 is 1.60 bits per heavy atom. The summed E-state index contributed by atoms with van der Waals surface area (Å²) in [5.74, 6) is -0.279. The van der Waals surface area contributed by atoms with Crippen LogP contribution in [0.4, 0.5) is 0 Å². The Balaban J connectivity index is 2.22. The monoisotopic (exact) mass is 215 g/mol. The van der Waals surface area contributed by atoms with E-state index in [0.717, 1.165) is 26.0 Å². The molecule has 4 nitrogen and oxygen atoms in total. The van der Waals surface area contributed by atoms with Gasteiger partial charge in [0.2, 0.25) is 0 Å². The molecule has 3 atom stereocenters. The number of methoxy groups -OCH3 is 1. The summed E-state index contributed by atoms with van der Waals surface area (Å²) >= 11 is 0. The van der Waals surface area contributed by atoms with E-state index in [9.17, 15) is 4.79 Å². The van der Waals surface area contributed by atoms with Crippen LogP contribution in [0.3, 0.4) is 0 Å². The van der Waals surface area contributed by atoms with Gasteiger partial charge < -0.3 is 14.8 Å². The normalized spacial score (nSPS) is 24.9. The molecule has 1 aliphatic heterocycles. The zero-order chi connectivity index (χ0) is 11.3. The van der Waals surface area contributed by atoms with Gasteiger partial charge in [0.15, 0.2) is 0 Å². The minimum absolute atomic E-state index is 0.114. The molecule has 0 aliphatic carbocycles. The van der Waals surface area contributed by atoms with Gasteiger partial charge >= 0.3 is 5.97 Å². The van der Waals surface area contributed by atoms with Gasteiger partial charge in [-0.1, -0.05) is 6.92 Å². The molecule has 1 rings (SSSR count). The van der Waals surface area contributed by atoms with E-state index < -0.39 is 0 Å². The van der Waals surface area contributed by atoms with Gasteiger partial charge in [0.25, 0.3) is 0 Å². The quantitative estimate of drug-likeness (QED) is 0.694. The Kier molecular flexibility index (Phi) is 5.05. The maximum absolute atomic E-state index is 11.3. The van der Waals surface area contributed by atoms with Crippen LogP contribution in [0.25, 0.3) is 0 Å². The second kappa shape index (κ2) is 6.08. The van der Waals surface area contributed by atoms with Crippen LogP contribution in [0.5, 0.6) is 0 Å². The number of carbonyl (C=O) groups excluding carboxylic acids is 1. The van der Waals surface area contributed by atoms with E-state index in [2.05, 4.69) is 5.32 Å². The van der Waals surface area contributed by atoms with Crippen LogP contribution in [0.2, 0.25) is 0 Å². The molecule has 3 unspecified atom stereocenters. The van der Waals surface area contributed by atoms with Crippen molar-refractivity contribution >= 4 is 5.97 Å². The van der Waals surface area contributed by atoms with Crippen molar-refractivity contribution in [3.63, 3.8) is 0 Å². The summed E-state index contributed by atoms with van der Waals surface area (Å²) < 4.78 is 10.2. The van der Waals surface area contributed by atoms with Crippen molar-refractivity contribution in [1.29, 1.82) is 0 Å². The third kappa shape index (κ3) is 3.80. The van der Waals surface area contributed by atoms with Crippen LogP contribution in [-0.2, 0) is 14.3 Å². The molecule has 0 bridgehead atoms. The lowest BCUT2D eigenvalue weighted by molar-refractivity contribution is -0.145. The van der Waals surface area contributed by atoms with E-state index in [1.54, 1.807) is 0 Å². The summed E-state index contributed by atoms with van der Waals surface area (Å²) in [5.41, 5.74) is 0. The molecule has 0 saturated carbocycles. The van der Waals surface area contributed by atoms with Gasteiger partial charge in [0.1, 0.15) is 0 Å². The van der Waals surface area contributed by atoms with Crippen LogP contribution in [0.15, 0.2) is 0 Å². The van der Waals surface area contributed by atoms with Gasteiger partial charge in [-0.2, -0.15) is 0 Å². The minimum Gasteiger partial charge on any atom is -0.469 e. The van der Waals surface area contributed by atoms with E-state index in [1.807, 2.05) is 13.8 Å². The van der Waals surface area contributed by atoms with Crippen LogP contribution in [0, 0.1) is 5.92 Å². The van der Waals surface area contributed by atoms with E-state index >= 15 is 0 Å². The molecule has 0 amide bonds. The zero-order valence-corrected chi connectivity index (χ0v) is 9.79. The molecule has 0 aromatic heterocycles. The molecule has 4 heteroatoms. The number of nitrogens with one attached hydrogen (secondary N) is 1. The van der Waals surface area contributed by atoms with Gasteiger partial charge in [-0.05, 0) is 19.8 Å². The molecule has 1 fully saturated rings. The Morgan fingerprint density at radius 2 is 2.33 bits per heavy atom. The molecular weight excluding hydrogens is 194 g/mol. The lowest BCUT2D eigenvalue weighted by Crippen LogP contribution is -2.40. The van der Waals surface area contributed by atoms with Crippen LogP contribution < -0.4 is 5.32 Å². The highest BCUT2D eigenvalue weighted by atomic mass is 16.5. The fraction of sp³-hybridized carbons (Fsp3) is 0.909. The van der Waals surface area contributed by atoms with Crippen LogP contribution >= 0.6 is 0 Å². The number of rotatable bonds is 5. The number of esters is 1. The predicted molar refractivity (Wildman–Crippen MR) is 57.6 cm³/mol. The summed E-state index contributed by atoms with van der Waals surface area (Å²) in [5, 5.41) is 3.31. The Morgan fingerprint density at radius 3 is 2.87 bits per heavy atom. The molecule has 15 heavy (non-hydrogen) atoms. The summed E-state index contributed by atoms with van der Waals surface area (Å²) in [6, 6.07) is 0.127. The van der Waals surface area contributed by atoms with E-state index in [-0.39, 0.29) is 17.9 Å². The molecule has 1 N–H and O–H groups in total. The highest BCUT2D eigenvalue weighted by molar-refractivity contribution is 5.72. The summed E-state index contributed by atoms with van der Waals surface area (Å²) in [6.07, 6.45) is 2.58. The summed E-state index contributed by atoms with van der Waals surface area (Å²) in [4.78, 5) is 11.3. The molecule has 88 valence electrons. The van der Waals surface area contributed by atoms with Crippen molar-refractivity contribution in [1.82, 2.24) is 5.32 Å². The second-order valence-corrected chi connectivity index (χ2v) is 4.14. The fourth-order valence-electron chi connectivity index (χ4n) is 1.69. The predicted octanol–water partition coefficient (Wildman–Crippen LogP) is 0.953. The highest BCUT2D eigenvalue weighted by Crippen LogP contribution is 2.12. The van der Waals surface area contributed by atoms with E-state index in [1.165, 1.54) is 7.11 Å². The van der Waals surface area contributed by atoms with Gasteiger partial charge in [-0.15, -0.1) is 0 Å². The number of hydrogen-bond acceptors (Lipinski definition) is 4. The lowest BCUT2D eigenvalue weighted by atomic mass is 10.0. The van der Waals surface area contributed by atoms with Crippen molar-refractivity contribution in [3.8, 4) is 0 Å². The molecule has 0 aromatic rings. The first-order valence-corrected chi connectivity index (χ1v) is 5.58. The SMILES string of the molecule is COC(=O)C(C)C(C)NCC1CCCO1. The minimum atomic E-state index is -0.164. The third-order valence-electron chi connectivity index (χ3n) is 3.01. The van der Waals surface area contributed by atoms with Gasteiger partial charge in [-0.3, -0.25) is 4.79 Å². The average molecular weight is 215 g/mol. The molecule has 1 heterocycles. The Hall–Kier alpha value is -0.610. The number of hydrogen-bond donors (Lipinski definition) is 1. The average Bonchev–Trinajstić information content (AvgIpc) is 2.76.